The number of nitrogens with one attached hydrogen (secondary N) is 1. The van der Waals surface area contributed by atoms with Crippen LogP contribution in [0.15, 0.2) is 24.3 Å². The maximum atomic E-state index is 11.3. The average molecular weight is 263 g/mol. The lowest BCUT2D eigenvalue weighted by Gasteiger charge is -2.01. The summed E-state index contributed by atoms with van der Waals surface area (Å²) >= 11 is 1.47. The summed E-state index contributed by atoms with van der Waals surface area (Å²) in [6.45, 7) is 1.92. The molecule has 0 amide bonds. The zero-order valence-electron chi connectivity index (χ0n) is 10.1. The zero-order valence-corrected chi connectivity index (χ0v) is 10.9. The molecule has 18 heavy (non-hydrogen) atoms. The first kappa shape index (κ1) is 12.5. The van der Waals surface area contributed by atoms with Crippen molar-refractivity contribution in [3.8, 4) is 10.4 Å². The van der Waals surface area contributed by atoms with Gasteiger partial charge in [-0.25, -0.2) is 15.6 Å². The Kier molecular flexibility index (Phi) is 3.59. The van der Waals surface area contributed by atoms with Crippen molar-refractivity contribution in [2.24, 2.45) is 5.84 Å². The molecule has 5 nitrogen and oxygen atoms in total. The molecule has 94 valence electrons. The fraction of sp³-hybridized carbons (Fsp3) is 0.167. The van der Waals surface area contributed by atoms with Gasteiger partial charge in [0.05, 0.1) is 23.2 Å². The molecule has 3 N–H and O–H groups in total. The summed E-state index contributed by atoms with van der Waals surface area (Å²) in [7, 11) is 1.36. The van der Waals surface area contributed by atoms with Gasteiger partial charge in [0, 0.05) is 0 Å². The summed E-state index contributed by atoms with van der Waals surface area (Å²) in [4.78, 5) is 16.6. The van der Waals surface area contributed by atoms with Crippen LogP contribution >= 0.6 is 11.3 Å². The number of esters is 1. The van der Waals surface area contributed by atoms with E-state index in [4.69, 9.17) is 5.84 Å². The Balaban J connectivity index is 2.34. The topological polar surface area (TPSA) is 77.2 Å². The second-order valence-corrected chi connectivity index (χ2v) is 4.65. The van der Waals surface area contributed by atoms with Crippen LogP contribution in [0.2, 0.25) is 0 Å². The SMILES string of the molecule is COC(=O)c1ccc(-c2sc(NN)nc2C)cc1. The van der Waals surface area contributed by atoms with Crippen LogP contribution in [0.1, 0.15) is 16.1 Å². The standard InChI is InChI=1S/C12H13N3O2S/c1-7-10(18-12(14-7)15-13)8-3-5-9(6-4-8)11(16)17-2/h3-6H,13H2,1-2H3,(H,14,15). The van der Waals surface area contributed by atoms with E-state index in [1.54, 1.807) is 12.1 Å². The molecule has 0 saturated heterocycles. The minimum absolute atomic E-state index is 0.341. The van der Waals surface area contributed by atoms with Gasteiger partial charge in [-0.15, -0.1) is 0 Å². The number of aryl methyl sites for hydroxylation is 1. The number of aromatic nitrogens is 1. The van der Waals surface area contributed by atoms with Gasteiger partial charge in [0.15, 0.2) is 5.13 Å². The lowest BCUT2D eigenvalue weighted by Crippen LogP contribution is -2.05. The largest absolute Gasteiger partial charge is 0.465 e. The summed E-state index contributed by atoms with van der Waals surface area (Å²) in [5.41, 5.74) is 4.96. The molecule has 0 atom stereocenters. The number of thiazole rings is 1. The van der Waals surface area contributed by atoms with Crippen LogP contribution in [0.25, 0.3) is 10.4 Å². The molecule has 0 fully saturated rings. The minimum atomic E-state index is -0.341. The first-order valence-corrected chi connectivity index (χ1v) is 6.10. The van der Waals surface area contributed by atoms with Crippen molar-refractivity contribution >= 4 is 22.4 Å². The minimum Gasteiger partial charge on any atom is -0.465 e. The summed E-state index contributed by atoms with van der Waals surface area (Å²) in [5.74, 6) is 4.99. The Morgan fingerprint density at radius 2 is 2.06 bits per heavy atom. The molecule has 1 heterocycles. The molecular formula is C12H13N3O2S. The van der Waals surface area contributed by atoms with Gasteiger partial charge in [-0.3, -0.25) is 5.43 Å². The maximum absolute atomic E-state index is 11.3. The highest BCUT2D eigenvalue weighted by Crippen LogP contribution is 2.32. The third-order valence-electron chi connectivity index (χ3n) is 2.49. The number of methoxy groups -OCH3 is 1. The molecule has 2 aromatic rings. The summed E-state index contributed by atoms with van der Waals surface area (Å²) < 4.78 is 4.65. The number of hydrazine groups is 1. The van der Waals surface area contributed by atoms with Crippen LogP contribution in [0, 0.1) is 6.92 Å². The average Bonchev–Trinajstić information content (AvgIpc) is 2.79. The Hall–Kier alpha value is -1.92. The van der Waals surface area contributed by atoms with E-state index >= 15 is 0 Å². The highest BCUT2D eigenvalue weighted by Gasteiger charge is 2.10. The van der Waals surface area contributed by atoms with E-state index in [1.807, 2.05) is 19.1 Å². The van der Waals surface area contributed by atoms with Gasteiger partial charge in [-0.1, -0.05) is 23.5 Å². The van der Waals surface area contributed by atoms with Crippen molar-refractivity contribution in [3.05, 3.63) is 35.5 Å². The van der Waals surface area contributed by atoms with Crippen LogP contribution in [0.3, 0.4) is 0 Å². The Morgan fingerprint density at radius 3 is 2.56 bits per heavy atom. The predicted octanol–water partition coefficient (Wildman–Crippen LogP) is 2.19. The molecule has 0 spiro atoms. The number of ether oxygens (including phenoxy) is 1. The highest BCUT2D eigenvalue weighted by atomic mass is 32.1. The summed E-state index contributed by atoms with van der Waals surface area (Å²) in [6, 6.07) is 7.20. The number of hydrogen-bond acceptors (Lipinski definition) is 6. The second-order valence-electron chi connectivity index (χ2n) is 3.65. The summed E-state index contributed by atoms with van der Waals surface area (Å²) in [6.07, 6.45) is 0. The first-order chi connectivity index (χ1) is 8.65. The van der Waals surface area contributed by atoms with E-state index in [1.165, 1.54) is 18.4 Å². The third-order valence-corrected chi connectivity index (χ3v) is 3.63. The van der Waals surface area contributed by atoms with Crippen molar-refractivity contribution in [1.82, 2.24) is 4.98 Å². The third kappa shape index (κ3) is 2.34. The van der Waals surface area contributed by atoms with E-state index in [0.29, 0.717) is 10.7 Å². The number of anilines is 1. The number of carbonyl (C=O) groups is 1. The first-order valence-electron chi connectivity index (χ1n) is 5.28. The Morgan fingerprint density at radius 1 is 1.39 bits per heavy atom. The normalized spacial score (nSPS) is 10.2. The monoisotopic (exact) mass is 263 g/mol. The molecular weight excluding hydrogens is 250 g/mol. The fourth-order valence-corrected chi connectivity index (χ4v) is 2.48. The lowest BCUT2D eigenvalue weighted by atomic mass is 10.1. The van der Waals surface area contributed by atoms with Crippen molar-refractivity contribution in [3.63, 3.8) is 0 Å². The molecule has 0 aliphatic rings. The molecule has 0 bridgehead atoms. The maximum Gasteiger partial charge on any atom is 0.337 e. The molecule has 1 aromatic carbocycles. The van der Waals surface area contributed by atoms with Gasteiger partial charge in [0.2, 0.25) is 0 Å². The molecule has 0 radical (unpaired) electrons. The van der Waals surface area contributed by atoms with Gasteiger partial charge in [0.25, 0.3) is 0 Å². The second kappa shape index (κ2) is 5.16. The van der Waals surface area contributed by atoms with Gasteiger partial charge in [-0.2, -0.15) is 0 Å². The van der Waals surface area contributed by atoms with E-state index in [2.05, 4.69) is 15.1 Å². The highest BCUT2D eigenvalue weighted by molar-refractivity contribution is 7.19. The molecule has 1 aromatic heterocycles. The van der Waals surface area contributed by atoms with E-state index in [0.717, 1.165) is 16.1 Å². The molecule has 0 aliphatic heterocycles. The molecule has 0 aliphatic carbocycles. The van der Waals surface area contributed by atoms with Crippen LogP contribution < -0.4 is 11.3 Å². The van der Waals surface area contributed by atoms with Gasteiger partial charge in [-0.05, 0) is 24.6 Å². The van der Waals surface area contributed by atoms with Crippen molar-refractivity contribution in [1.29, 1.82) is 0 Å². The quantitative estimate of drug-likeness (QED) is 0.504. The number of carbonyl (C=O) groups excluding carboxylic acids is 1. The predicted molar refractivity (Wildman–Crippen MR) is 71.4 cm³/mol. The van der Waals surface area contributed by atoms with Crippen LogP contribution in [0.5, 0.6) is 0 Å². The number of hydrogen-bond donors (Lipinski definition) is 2. The van der Waals surface area contributed by atoms with Crippen molar-refractivity contribution in [2.45, 2.75) is 6.92 Å². The number of rotatable bonds is 3. The van der Waals surface area contributed by atoms with Gasteiger partial charge in [0.1, 0.15) is 0 Å². The number of nitrogen functional groups attached to an aromatic ring is 1. The van der Waals surface area contributed by atoms with E-state index in [9.17, 15) is 4.79 Å². The molecule has 0 unspecified atom stereocenters. The Labute approximate surface area is 109 Å². The van der Waals surface area contributed by atoms with Gasteiger partial charge >= 0.3 is 5.97 Å². The van der Waals surface area contributed by atoms with Crippen molar-refractivity contribution in [2.75, 3.05) is 12.5 Å². The number of benzene rings is 1. The van der Waals surface area contributed by atoms with E-state index < -0.39 is 0 Å². The fourth-order valence-electron chi connectivity index (χ4n) is 1.60. The number of nitrogens with two attached hydrogens (primary N) is 1. The number of nitrogens with zero attached hydrogens (tertiary/aromatic N) is 1. The molecule has 0 saturated carbocycles. The molecule has 2 rings (SSSR count). The Bertz CT molecular complexity index is 563. The smallest absolute Gasteiger partial charge is 0.337 e. The zero-order chi connectivity index (χ0) is 13.1. The molecule has 6 heteroatoms. The van der Waals surface area contributed by atoms with Gasteiger partial charge < -0.3 is 4.74 Å². The van der Waals surface area contributed by atoms with Crippen LogP contribution in [0.4, 0.5) is 5.13 Å². The van der Waals surface area contributed by atoms with Crippen molar-refractivity contribution < 1.29 is 9.53 Å². The van der Waals surface area contributed by atoms with Crippen LogP contribution in [-0.4, -0.2) is 18.1 Å². The lowest BCUT2D eigenvalue weighted by molar-refractivity contribution is 0.0601. The summed E-state index contributed by atoms with van der Waals surface area (Å²) in [5, 5.41) is 0.666. The van der Waals surface area contributed by atoms with Crippen LogP contribution in [-0.2, 0) is 4.74 Å². The van der Waals surface area contributed by atoms with E-state index in [-0.39, 0.29) is 5.97 Å².